The Morgan fingerprint density at radius 1 is 1.00 bits per heavy atom. The van der Waals surface area contributed by atoms with Crippen molar-refractivity contribution in [2.24, 2.45) is 0 Å². The quantitative estimate of drug-likeness (QED) is 0.506. The van der Waals surface area contributed by atoms with Gasteiger partial charge in [0.1, 0.15) is 0 Å². The molecular formula is C22H29N3O3. The number of ether oxygens (including phenoxy) is 1. The zero-order valence-corrected chi connectivity index (χ0v) is 16.8. The van der Waals surface area contributed by atoms with Crippen molar-refractivity contribution in [3.63, 3.8) is 0 Å². The van der Waals surface area contributed by atoms with E-state index >= 15 is 0 Å². The summed E-state index contributed by atoms with van der Waals surface area (Å²) < 4.78 is 4.70. The molecule has 2 rings (SSSR count). The number of hydrogen-bond donors (Lipinski definition) is 2. The summed E-state index contributed by atoms with van der Waals surface area (Å²) in [5.41, 5.74) is 9.50. The van der Waals surface area contributed by atoms with E-state index in [1.54, 1.807) is 30.3 Å². The summed E-state index contributed by atoms with van der Waals surface area (Å²) in [7, 11) is 1.36. The Morgan fingerprint density at radius 3 is 2.18 bits per heavy atom. The maximum atomic E-state index is 12.8. The topological polar surface area (TPSA) is 84.7 Å². The van der Waals surface area contributed by atoms with Crippen molar-refractivity contribution in [1.29, 1.82) is 0 Å². The van der Waals surface area contributed by atoms with E-state index in [9.17, 15) is 9.59 Å². The number of carbonyl (C=O) groups excluding carboxylic acids is 2. The molecule has 0 heterocycles. The van der Waals surface area contributed by atoms with E-state index in [-0.39, 0.29) is 11.9 Å². The number of hydrogen-bond acceptors (Lipinski definition) is 5. The lowest BCUT2D eigenvalue weighted by atomic mass is 10.1. The van der Waals surface area contributed by atoms with Crippen molar-refractivity contribution in [3.8, 4) is 0 Å². The first-order valence-corrected chi connectivity index (χ1v) is 9.60. The summed E-state index contributed by atoms with van der Waals surface area (Å²) in [6, 6.07) is 12.5. The number of methoxy groups -OCH3 is 1. The zero-order chi connectivity index (χ0) is 20.5. The molecule has 0 fully saturated rings. The normalized spacial score (nSPS) is 10.4. The van der Waals surface area contributed by atoms with Gasteiger partial charge in [0, 0.05) is 25.2 Å². The van der Waals surface area contributed by atoms with Gasteiger partial charge in [-0.25, -0.2) is 4.79 Å². The standard InChI is InChI=1S/C22H29N3O3/c1-4-12-25(13-5-2)21(26)18-10-11-19(23)20(14-18)24-15-16-6-8-17(9-7-16)22(27)28-3/h6-11,14,24H,4-5,12-13,15,23H2,1-3H3. The van der Waals surface area contributed by atoms with Crippen molar-refractivity contribution < 1.29 is 14.3 Å². The second kappa shape index (κ2) is 10.3. The van der Waals surface area contributed by atoms with Crippen LogP contribution in [-0.2, 0) is 11.3 Å². The third-order valence-corrected chi connectivity index (χ3v) is 4.43. The molecule has 0 saturated heterocycles. The number of anilines is 2. The van der Waals surface area contributed by atoms with E-state index in [4.69, 9.17) is 10.5 Å². The molecule has 0 radical (unpaired) electrons. The number of rotatable bonds is 9. The minimum Gasteiger partial charge on any atom is -0.465 e. The molecule has 0 bridgehead atoms. The molecule has 3 N–H and O–H groups in total. The van der Waals surface area contributed by atoms with Crippen LogP contribution in [0.1, 0.15) is 53.0 Å². The largest absolute Gasteiger partial charge is 0.465 e. The average molecular weight is 383 g/mol. The third kappa shape index (κ3) is 5.49. The second-order valence-corrected chi connectivity index (χ2v) is 6.64. The van der Waals surface area contributed by atoms with Gasteiger partial charge in [0.2, 0.25) is 0 Å². The molecule has 0 spiro atoms. The zero-order valence-electron chi connectivity index (χ0n) is 16.8. The number of nitrogen functional groups attached to an aromatic ring is 1. The van der Waals surface area contributed by atoms with Gasteiger partial charge in [-0.15, -0.1) is 0 Å². The first-order valence-electron chi connectivity index (χ1n) is 9.60. The van der Waals surface area contributed by atoms with Crippen LogP contribution in [0, 0.1) is 0 Å². The lowest BCUT2D eigenvalue weighted by molar-refractivity contribution is 0.0600. The summed E-state index contributed by atoms with van der Waals surface area (Å²) in [4.78, 5) is 26.2. The van der Waals surface area contributed by atoms with E-state index in [0.29, 0.717) is 23.4 Å². The van der Waals surface area contributed by atoms with Crippen LogP contribution in [0.2, 0.25) is 0 Å². The molecule has 0 saturated carbocycles. The molecule has 0 atom stereocenters. The Labute approximate surface area is 166 Å². The molecule has 28 heavy (non-hydrogen) atoms. The molecule has 0 aromatic heterocycles. The van der Waals surface area contributed by atoms with Crippen molar-refractivity contribution in [2.45, 2.75) is 33.2 Å². The van der Waals surface area contributed by atoms with E-state index < -0.39 is 0 Å². The van der Waals surface area contributed by atoms with Gasteiger partial charge in [-0.3, -0.25) is 4.79 Å². The van der Waals surface area contributed by atoms with Crippen molar-refractivity contribution in [1.82, 2.24) is 4.90 Å². The van der Waals surface area contributed by atoms with E-state index in [1.165, 1.54) is 7.11 Å². The van der Waals surface area contributed by atoms with E-state index in [2.05, 4.69) is 19.2 Å². The molecule has 0 unspecified atom stereocenters. The molecule has 0 aliphatic rings. The summed E-state index contributed by atoms with van der Waals surface area (Å²) in [6.45, 7) is 6.14. The van der Waals surface area contributed by atoms with Gasteiger partial charge < -0.3 is 20.7 Å². The highest BCUT2D eigenvalue weighted by atomic mass is 16.5. The maximum Gasteiger partial charge on any atom is 0.337 e. The Kier molecular flexibility index (Phi) is 7.87. The Morgan fingerprint density at radius 2 is 1.61 bits per heavy atom. The number of amides is 1. The molecule has 0 aliphatic carbocycles. The lowest BCUT2D eigenvalue weighted by Gasteiger charge is -2.22. The van der Waals surface area contributed by atoms with Crippen molar-refractivity contribution in [3.05, 3.63) is 59.2 Å². The van der Waals surface area contributed by atoms with Crippen LogP contribution in [0.25, 0.3) is 0 Å². The second-order valence-electron chi connectivity index (χ2n) is 6.64. The molecule has 2 aromatic rings. The fourth-order valence-corrected chi connectivity index (χ4v) is 2.95. The lowest BCUT2D eigenvalue weighted by Crippen LogP contribution is -2.32. The molecule has 2 aromatic carbocycles. The monoisotopic (exact) mass is 383 g/mol. The van der Waals surface area contributed by atoms with Crippen LogP contribution in [-0.4, -0.2) is 37.0 Å². The van der Waals surface area contributed by atoms with Crippen LogP contribution >= 0.6 is 0 Å². The van der Waals surface area contributed by atoms with Crippen LogP contribution in [0.5, 0.6) is 0 Å². The fourth-order valence-electron chi connectivity index (χ4n) is 2.95. The molecule has 150 valence electrons. The van der Waals surface area contributed by atoms with Gasteiger partial charge in [0.05, 0.1) is 24.0 Å². The predicted molar refractivity (Wildman–Crippen MR) is 112 cm³/mol. The molecular weight excluding hydrogens is 354 g/mol. The predicted octanol–water partition coefficient (Wildman–Crippen LogP) is 3.93. The summed E-state index contributed by atoms with van der Waals surface area (Å²) >= 11 is 0. The van der Waals surface area contributed by atoms with Crippen LogP contribution in [0.3, 0.4) is 0 Å². The molecule has 6 heteroatoms. The van der Waals surface area contributed by atoms with E-state index in [1.807, 2.05) is 17.0 Å². The molecule has 1 amide bonds. The highest BCUT2D eigenvalue weighted by molar-refractivity contribution is 5.96. The van der Waals surface area contributed by atoms with Crippen molar-refractivity contribution >= 4 is 23.3 Å². The van der Waals surface area contributed by atoms with Gasteiger partial charge in [-0.05, 0) is 48.7 Å². The Balaban J connectivity index is 2.10. The highest BCUT2D eigenvalue weighted by Crippen LogP contribution is 2.22. The Hall–Kier alpha value is -3.02. The first-order chi connectivity index (χ1) is 13.5. The average Bonchev–Trinajstić information content (AvgIpc) is 2.72. The van der Waals surface area contributed by atoms with Gasteiger partial charge in [0.25, 0.3) is 5.91 Å². The number of nitrogens with two attached hydrogens (primary N) is 1. The van der Waals surface area contributed by atoms with Gasteiger partial charge in [0.15, 0.2) is 0 Å². The number of esters is 1. The number of nitrogens with one attached hydrogen (secondary N) is 1. The number of nitrogens with zero attached hydrogens (tertiary/aromatic N) is 1. The number of benzene rings is 2. The third-order valence-electron chi connectivity index (χ3n) is 4.43. The van der Waals surface area contributed by atoms with Gasteiger partial charge in [-0.1, -0.05) is 26.0 Å². The van der Waals surface area contributed by atoms with E-state index in [0.717, 1.165) is 37.2 Å². The highest BCUT2D eigenvalue weighted by Gasteiger charge is 2.15. The smallest absolute Gasteiger partial charge is 0.337 e. The Bertz CT molecular complexity index is 797. The van der Waals surface area contributed by atoms with Crippen LogP contribution in [0.4, 0.5) is 11.4 Å². The van der Waals surface area contributed by atoms with Gasteiger partial charge in [-0.2, -0.15) is 0 Å². The fraction of sp³-hybridized carbons (Fsp3) is 0.364. The maximum absolute atomic E-state index is 12.8. The van der Waals surface area contributed by atoms with Crippen LogP contribution < -0.4 is 11.1 Å². The SMILES string of the molecule is CCCN(CCC)C(=O)c1ccc(N)c(NCc2ccc(C(=O)OC)cc2)c1. The van der Waals surface area contributed by atoms with Crippen molar-refractivity contribution in [2.75, 3.05) is 31.2 Å². The van der Waals surface area contributed by atoms with Crippen LogP contribution in [0.15, 0.2) is 42.5 Å². The first kappa shape index (κ1) is 21.3. The van der Waals surface area contributed by atoms with Gasteiger partial charge >= 0.3 is 5.97 Å². The minimum absolute atomic E-state index is 0.0224. The molecule has 6 nitrogen and oxygen atoms in total. The summed E-state index contributed by atoms with van der Waals surface area (Å²) in [6.07, 6.45) is 1.85. The number of carbonyl (C=O) groups is 2. The molecule has 0 aliphatic heterocycles. The summed E-state index contributed by atoms with van der Waals surface area (Å²) in [5.74, 6) is -0.340. The minimum atomic E-state index is -0.362. The summed E-state index contributed by atoms with van der Waals surface area (Å²) in [5, 5.41) is 3.28.